The number of rotatable bonds is 4. The summed E-state index contributed by atoms with van der Waals surface area (Å²) in [6, 6.07) is 7.99. The summed E-state index contributed by atoms with van der Waals surface area (Å²) < 4.78 is 57.0. The molecule has 0 saturated carbocycles. The largest absolute Gasteiger partial charge is 0.412 e. The minimum absolute atomic E-state index is 0.278. The molecular formula is C10H13ClF3NO2P2. The van der Waals surface area contributed by atoms with Crippen molar-refractivity contribution in [2.24, 2.45) is 4.52 Å². The Balaban J connectivity index is 2.96. The maximum atomic E-state index is 12.2. The van der Waals surface area contributed by atoms with Crippen LogP contribution in [0.1, 0.15) is 0 Å². The van der Waals surface area contributed by atoms with E-state index in [1.807, 2.05) is 0 Å². The molecule has 0 aliphatic rings. The summed E-state index contributed by atoms with van der Waals surface area (Å²) in [7, 11) is -2.82. The van der Waals surface area contributed by atoms with Crippen LogP contribution in [0, 0.1) is 0 Å². The predicted molar refractivity (Wildman–Crippen MR) is 72.7 cm³/mol. The van der Waals surface area contributed by atoms with Crippen LogP contribution in [0.5, 0.6) is 0 Å². The summed E-state index contributed by atoms with van der Waals surface area (Å²) in [5, 5.41) is 0.278. The zero-order valence-corrected chi connectivity index (χ0v) is 12.8. The SMILES string of the molecule is CP(C)(=NP(=O)(Cl)c1ccccc1)OCC(F)(F)F. The van der Waals surface area contributed by atoms with Gasteiger partial charge in [0, 0.05) is 5.30 Å². The molecule has 1 rings (SSSR count). The average Bonchev–Trinajstić information content (AvgIpc) is 2.26. The number of benzene rings is 1. The summed E-state index contributed by atoms with van der Waals surface area (Å²) in [5.74, 6) is 0. The van der Waals surface area contributed by atoms with E-state index in [1.165, 1.54) is 25.5 Å². The molecule has 1 aromatic carbocycles. The lowest BCUT2D eigenvalue weighted by molar-refractivity contribution is -0.152. The van der Waals surface area contributed by atoms with E-state index >= 15 is 0 Å². The number of hydrogen-bond donors (Lipinski definition) is 0. The van der Waals surface area contributed by atoms with Gasteiger partial charge in [0.1, 0.15) is 6.61 Å². The van der Waals surface area contributed by atoms with Crippen LogP contribution in [0.2, 0.25) is 0 Å². The van der Waals surface area contributed by atoms with Gasteiger partial charge in [0.25, 0.3) is 0 Å². The molecule has 0 aromatic heterocycles. The number of halogens is 4. The Bertz CT molecular complexity index is 527. The van der Waals surface area contributed by atoms with Gasteiger partial charge in [-0.05, 0) is 36.7 Å². The first-order chi connectivity index (χ1) is 8.52. The fraction of sp³-hybridized carbons (Fsp3) is 0.400. The molecule has 1 unspecified atom stereocenters. The van der Waals surface area contributed by atoms with Crippen molar-refractivity contribution in [3.05, 3.63) is 30.3 Å². The van der Waals surface area contributed by atoms with Gasteiger partial charge in [-0.15, -0.1) is 0 Å². The first-order valence-corrected chi connectivity index (χ1v) is 10.3. The molecule has 0 radical (unpaired) electrons. The lowest BCUT2D eigenvalue weighted by Gasteiger charge is -2.18. The first-order valence-electron chi connectivity index (χ1n) is 5.17. The fourth-order valence-electron chi connectivity index (χ4n) is 1.20. The highest BCUT2D eigenvalue weighted by Gasteiger charge is 2.31. The Morgan fingerprint density at radius 1 is 1.26 bits per heavy atom. The second-order valence-corrected chi connectivity index (χ2v) is 10.6. The van der Waals surface area contributed by atoms with Gasteiger partial charge in [-0.25, -0.2) is 4.52 Å². The van der Waals surface area contributed by atoms with E-state index in [-0.39, 0.29) is 5.30 Å². The summed E-state index contributed by atoms with van der Waals surface area (Å²) in [6.07, 6.45) is -4.45. The summed E-state index contributed by atoms with van der Waals surface area (Å²) in [6.45, 7) is -2.25. The Hall–Kier alpha value is -0.280. The molecule has 0 amide bonds. The molecule has 0 fully saturated rings. The van der Waals surface area contributed by atoms with E-state index in [9.17, 15) is 17.7 Å². The average molecular weight is 334 g/mol. The van der Waals surface area contributed by atoms with E-state index in [0.717, 1.165) is 0 Å². The van der Waals surface area contributed by atoms with Crippen LogP contribution in [-0.2, 0) is 9.09 Å². The highest BCUT2D eigenvalue weighted by atomic mass is 35.7. The molecule has 0 spiro atoms. The van der Waals surface area contributed by atoms with Gasteiger partial charge in [-0.1, -0.05) is 18.2 Å². The van der Waals surface area contributed by atoms with Gasteiger partial charge >= 0.3 is 12.8 Å². The van der Waals surface area contributed by atoms with Gasteiger partial charge in [0.15, 0.2) is 0 Å². The van der Waals surface area contributed by atoms with Crippen molar-refractivity contribution < 1.29 is 22.3 Å². The Kier molecular flexibility index (Phi) is 5.30. The topological polar surface area (TPSA) is 38.7 Å². The summed E-state index contributed by atoms with van der Waals surface area (Å²) >= 11 is 5.85. The van der Waals surface area contributed by atoms with Crippen LogP contribution < -0.4 is 5.30 Å². The van der Waals surface area contributed by atoms with Crippen molar-refractivity contribution in [2.75, 3.05) is 19.9 Å². The number of alkyl halides is 3. The van der Waals surface area contributed by atoms with E-state index in [4.69, 9.17) is 15.8 Å². The smallest absolute Gasteiger partial charge is 0.335 e. The van der Waals surface area contributed by atoms with Crippen LogP contribution in [0.3, 0.4) is 0 Å². The zero-order valence-electron chi connectivity index (χ0n) is 10.3. The molecule has 9 heteroatoms. The van der Waals surface area contributed by atoms with Crippen molar-refractivity contribution in [1.29, 1.82) is 0 Å². The van der Waals surface area contributed by atoms with Crippen LogP contribution in [0.4, 0.5) is 13.2 Å². The van der Waals surface area contributed by atoms with Crippen molar-refractivity contribution in [3.8, 4) is 0 Å². The Labute approximate surface area is 114 Å². The highest BCUT2D eigenvalue weighted by Crippen LogP contribution is 2.61. The maximum absolute atomic E-state index is 12.2. The quantitative estimate of drug-likeness (QED) is 0.749. The van der Waals surface area contributed by atoms with Gasteiger partial charge in [0.2, 0.25) is 0 Å². The van der Waals surface area contributed by atoms with Crippen molar-refractivity contribution >= 4 is 30.5 Å². The molecule has 108 valence electrons. The molecule has 1 atom stereocenters. The lowest BCUT2D eigenvalue weighted by atomic mass is 10.4. The van der Waals surface area contributed by atoms with E-state index < -0.39 is 26.7 Å². The minimum atomic E-state index is -4.45. The van der Waals surface area contributed by atoms with Crippen LogP contribution in [0.15, 0.2) is 34.8 Å². The van der Waals surface area contributed by atoms with Crippen molar-refractivity contribution in [3.63, 3.8) is 0 Å². The molecule has 0 bridgehead atoms. The normalized spacial score (nSPS) is 15.9. The fourth-order valence-corrected chi connectivity index (χ4v) is 6.84. The van der Waals surface area contributed by atoms with Crippen LogP contribution in [-0.4, -0.2) is 26.1 Å². The molecule has 0 saturated heterocycles. The third-order valence-electron chi connectivity index (χ3n) is 1.95. The first kappa shape index (κ1) is 16.8. The standard InChI is InChI=1S/C10H13ClF3NO2P2/c1-18(2,17-8-10(12,13)14)15-19(11,16)9-6-4-3-5-7-9/h3-7H,8H2,1-2H3. The van der Waals surface area contributed by atoms with E-state index in [2.05, 4.69) is 4.52 Å². The molecule has 1 aromatic rings. The molecular weight excluding hydrogens is 321 g/mol. The van der Waals surface area contributed by atoms with Gasteiger partial charge < -0.3 is 4.52 Å². The maximum Gasteiger partial charge on any atom is 0.412 e. The van der Waals surface area contributed by atoms with Crippen LogP contribution in [0.25, 0.3) is 0 Å². The Morgan fingerprint density at radius 3 is 2.26 bits per heavy atom. The van der Waals surface area contributed by atoms with Gasteiger partial charge in [-0.3, -0.25) is 4.57 Å². The minimum Gasteiger partial charge on any atom is -0.335 e. The molecule has 0 aliphatic carbocycles. The van der Waals surface area contributed by atoms with Crippen molar-refractivity contribution in [1.82, 2.24) is 0 Å². The van der Waals surface area contributed by atoms with Crippen molar-refractivity contribution in [2.45, 2.75) is 6.18 Å². The van der Waals surface area contributed by atoms with E-state index in [1.54, 1.807) is 18.2 Å². The van der Waals surface area contributed by atoms with E-state index in [0.29, 0.717) is 0 Å². The van der Waals surface area contributed by atoms with Crippen LogP contribution >= 0.6 is 25.2 Å². The second-order valence-electron chi connectivity index (χ2n) is 4.11. The highest BCUT2D eigenvalue weighted by molar-refractivity contribution is 7.96. The molecule has 0 heterocycles. The Morgan fingerprint density at radius 2 is 1.79 bits per heavy atom. The zero-order chi connectivity index (χ0) is 14.7. The summed E-state index contributed by atoms with van der Waals surface area (Å²) in [5.41, 5.74) is 0. The van der Waals surface area contributed by atoms with Gasteiger partial charge in [0.05, 0.1) is 7.28 Å². The molecule has 0 N–H and O–H groups in total. The monoisotopic (exact) mass is 333 g/mol. The summed E-state index contributed by atoms with van der Waals surface area (Å²) in [4.78, 5) is 0. The lowest BCUT2D eigenvalue weighted by Crippen LogP contribution is -2.15. The molecule has 19 heavy (non-hydrogen) atoms. The number of hydrogen-bond acceptors (Lipinski definition) is 2. The second kappa shape index (κ2) is 6.01. The molecule has 3 nitrogen and oxygen atoms in total. The predicted octanol–water partition coefficient (Wildman–Crippen LogP) is 4.70. The van der Waals surface area contributed by atoms with Gasteiger partial charge in [-0.2, -0.15) is 13.2 Å². The third kappa shape index (κ3) is 6.13. The third-order valence-corrected chi connectivity index (χ3v) is 7.48. The molecule has 0 aliphatic heterocycles. The number of nitrogens with zero attached hydrogens (tertiary/aromatic N) is 1.